The van der Waals surface area contributed by atoms with Crippen LogP contribution in [0.3, 0.4) is 0 Å². The van der Waals surface area contributed by atoms with Gasteiger partial charge in [-0.3, -0.25) is 0 Å². The van der Waals surface area contributed by atoms with Crippen LogP contribution in [0.5, 0.6) is 5.75 Å². The van der Waals surface area contributed by atoms with Crippen LogP contribution >= 0.6 is 31.9 Å². The molecule has 0 bridgehead atoms. The van der Waals surface area contributed by atoms with Crippen LogP contribution in [0.4, 0.5) is 0 Å². The highest BCUT2D eigenvalue weighted by Crippen LogP contribution is 2.35. The lowest BCUT2D eigenvalue weighted by Crippen LogP contribution is -2.21. The lowest BCUT2D eigenvalue weighted by Gasteiger charge is -2.13. The van der Waals surface area contributed by atoms with Gasteiger partial charge < -0.3 is 10.1 Å². The first kappa shape index (κ1) is 16.3. The van der Waals surface area contributed by atoms with Gasteiger partial charge in [0.05, 0.1) is 15.6 Å². The van der Waals surface area contributed by atoms with Gasteiger partial charge in [0.15, 0.2) is 0 Å². The van der Waals surface area contributed by atoms with Crippen LogP contribution in [0.15, 0.2) is 21.1 Å². The zero-order chi connectivity index (χ0) is 14.5. The predicted molar refractivity (Wildman–Crippen MR) is 91.2 cm³/mol. The van der Waals surface area contributed by atoms with Gasteiger partial charge in [-0.25, -0.2) is 0 Å². The number of rotatable bonds is 6. The molecule has 1 aliphatic rings. The molecule has 1 saturated carbocycles. The summed E-state index contributed by atoms with van der Waals surface area (Å²) in [5, 5.41) is 3.59. The normalized spacial score (nSPS) is 22.2. The summed E-state index contributed by atoms with van der Waals surface area (Å²) in [5.74, 6) is 2.66. The molecule has 4 heteroatoms. The zero-order valence-electron chi connectivity index (χ0n) is 12.2. The molecule has 0 radical (unpaired) electrons. The number of hydrogen-bond donors (Lipinski definition) is 1. The van der Waals surface area contributed by atoms with E-state index in [0.29, 0.717) is 6.61 Å². The zero-order valence-corrected chi connectivity index (χ0v) is 15.4. The number of nitrogens with one attached hydrogen (secondary N) is 1. The van der Waals surface area contributed by atoms with Crippen LogP contribution in [0.2, 0.25) is 0 Å². The number of halogens is 2. The lowest BCUT2D eigenvalue weighted by molar-refractivity contribution is 0.336. The molecule has 1 aliphatic carbocycles. The smallest absolute Gasteiger partial charge is 0.147 e. The topological polar surface area (TPSA) is 21.3 Å². The summed E-state index contributed by atoms with van der Waals surface area (Å²) in [6, 6.07) is 4.28. The molecule has 0 amide bonds. The van der Waals surface area contributed by atoms with Crippen LogP contribution in [-0.4, -0.2) is 13.2 Å². The molecule has 0 aromatic heterocycles. The molecule has 0 saturated heterocycles. The first-order chi connectivity index (χ1) is 9.60. The second kappa shape index (κ2) is 7.81. The highest BCUT2D eigenvalue weighted by molar-refractivity contribution is 9.11. The third-order valence-electron chi connectivity index (χ3n) is 3.91. The van der Waals surface area contributed by atoms with Gasteiger partial charge in [-0.2, -0.15) is 0 Å². The van der Waals surface area contributed by atoms with E-state index >= 15 is 0 Å². The van der Waals surface area contributed by atoms with Gasteiger partial charge >= 0.3 is 0 Å². The van der Waals surface area contributed by atoms with Crippen molar-refractivity contribution in [2.45, 2.75) is 39.7 Å². The Labute approximate surface area is 138 Å². The van der Waals surface area contributed by atoms with Gasteiger partial charge in [-0.15, -0.1) is 0 Å². The Balaban J connectivity index is 1.87. The molecule has 0 spiro atoms. The number of hydrogen-bond acceptors (Lipinski definition) is 2. The Morgan fingerprint density at radius 3 is 2.50 bits per heavy atom. The van der Waals surface area contributed by atoms with Crippen molar-refractivity contribution in [1.82, 2.24) is 5.32 Å². The van der Waals surface area contributed by atoms with E-state index in [1.54, 1.807) is 0 Å². The van der Waals surface area contributed by atoms with Crippen molar-refractivity contribution in [2.75, 3.05) is 13.2 Å². The van der Waals surface area contributed by atoms with Crippen LogP contribution in [0, 0.1) is 11.8 Å². The minimum atomic E-state index is 0.675. The maximum Gasteiger partial charge on any atom is 0.147 e. The molecule has 20 heavy (non-hydrogen) atoms. The standard InChI is InChI=1S/C16H23Br2NO/c1-3-20-16-14(17)7-13(8-15(16)18)10-19-9-12-5-4-11(2)6-12/h7-8,11-12,19H,3-6,9-10H2,1-2H3. The highest BCUT2D eigenvalue weighted by Gasteiger charge is 2.20. The molecule has 2 unspecified atom stereocenters. The van der Waals surface area contributed by atoms with Crippen molar-refractivity contribution in [2.24, 2.45) is 11.8 Å². The molecule has 0 heterocycles. The van der Waals surface area contributed by atoms with Crippen LogP contribution in [0.25, 0.3) is 0 Å². The first-order valence-electron chi connectivity index (χ1n) is 7.41. The highest BCUT2D eigenvalue weighted by atomic mass is 79.9. The van der Waals surface area contributed by atoms with Crippen LogP contribution in [0.1, 0.15) is 38.7 Å². The van der Waals surface area contributed by atoms with Crippen molar-refractivity contribution in [3.63, 3.8) is 0 Å². The first-order valence-corrected chi connectivity index (χ1v) is 9.00. The fourth-order valence-corrected chi connectivity index (χ4v) is 4.44. The monoisotopic (exact) mass is 403 g/mol. The fraction of sp³-hybridized carbons (Fsp3) is 0.625. The summed E-state index contributed by atoms with van der Waals surface area (Å²) in [5.41, 5.74) is 1.28. The van der Waals surface area contributed by atoms with Crippen LogP contribution < -0.4 is 10.1 Å². The quantitative estimate of drug-likeness (QED) is 0.708. The van der Waals surface area contributed by atoms with Gasteiger partial charge in [-0.05, 0) is 87.7 Å². The van der Waals surface area contributed by atoms with Crippen molar-refractivity contribution in [3.8, 4) is 5.75 Å². The molecule has 1 N–H and O–H groups in total. The second-order valence-electron chi connectivity index (χ2n) is 5.74. The van der Waals surface area contributed by atoms with Crippen molar-refractivity contribution in [1.29, 1.82) is 0 Å². The fourth-order valence-electron chi connectivity index (χ4n) is 2.93. The van der Waals surface area contributed by atoms with Gasteiger partial charge in [0, 0.05) is 6.54 Å². The summed E-state index contributed by atoms with van der Waals surface area (Å²) in [7, 11) is 0. The van der Waals surface area contributed by atoms with Gasteiger partial charge in [-0.1, -0.05) is 13.3 Å². The average Bonchev–Trinajstić information content (AvgIpc) is 2.80. The molecule has 1 aromatic carbocycles. The Morgan fingerprint density at radius 1 is 1.25 bits per heavy atom. The van der Waals surface area contributed by atoms with E-state index in [9.17, 15) is 0 Å². The molecule has 1 fully saturated rings. The van der Waals surface area contributed by atoms with Crippen molar-refractivity contribution >= 4 is 31.9 Å². The Kier molecular flexibility index (Phi) is 6.37. The number of benzene rings is 1. The summed E-state index contributed by atoms with van der Waals surface area (Å²) in [6.07, 6.45) is 4.15. The van der Waals surface area contributed by atoms with Gasteiger partial charge in [0.2, 0.25) is 0 Å². The molecule has 0 aliphatic heterocycles. The molecular weight excluding hydrogens is 382 g/mol. The third-order valence-corrected chi connectivity index (χ3v) is 5.09. The van der Waals surface area contributed by atoms with E-state index in [1.807, 2.05) is 6.92 Å². The predicted octanol–water partition coefficient (Wildman–Crippen LogP) is 5.14. The Hall–Kier alpha value is -0.0600. The minimum absolute atomic E-state index is 0.675. The molecule has 2 rings (SSSR count). The van der Waals surface area contributed by atoms with E-state index in [-0.39, 0.29) is 0 Å². The molecule has 2 nitrogen and oxygen atoms in total. The van der Waals surface area contributed by atoms with E-state index < -0.39 is 0 Å². The number of ether oxygens (including phenoxy) is 1. The van der Waals surface area contributed by atoms with Gasteiger partial charge in [0.1, 0.15) is 5.75 Å². The maximum absolute atomic E-state index is 5.61. The summed E-state index contributed by atoms with van der Waals surface area (Å²) in [4.78, 5) is 0. The Bertz CT molecular complexity index is 427. The summed E-state index contributed by atoms with van der Waals surface area (Å²) < 4.78 is 7.63. The summed E-state index contributed by atoms with van der Waals surface area (Å²) >= 11 is 7.16. The molecule has 2 atom stereocenters. The van der Waals surface area contributed by atoms with Crippen molar-refractivity contribution in [3.05, 3.63) is 26.6 Å². The van der Waals surface area contributed by atoms with E-state index in [1.165, 1.54) is 24.8 Å². The average molecular weight is 405 g/mol. The van der Waals surface area contributed by atoms with E-state index in [4.69, 9.17) is 4.74 Å². The third kappa shape index (κ3) is 4.47. The molecule has 112 valence electrons. The maximum atomic E-state index is 5.61. The van der Waals surface area contributed by atoms with Crippen LogP contribution in [-0.2, 0) is 6.54 Å². The van der Waals surface area contributed by atoms with Crippen molar-refractivity contribution < 1.29 is 4.74 Å². The van der Waals surface area contributed by atoms with E-state index in [0.717, 1.165) is 39.6 Å². The SMILES string of the molecule is CCOc1c(Br)cc(CNCC2CCC(C)C2)cc1Br. The second-order valence-corrected chi connectivity index (χ2v) is 7.45. The van der Waals surface area contributed by atoms with E-state index in [2.05, 4.69) is 56.2 Å². The minimum Gasteiger partial charge on any atom is -0.492 e. The lowest BCUT2D eigenvalue weighted by atomic mass is 10.1. The summed E-state index contributed by atoms with van der Waals surface area (Å²) in [6.45, 7) is 7.08. The van der Waals surface area contributed by atoms with Gasteiger partial charge in [0.25, 0.3) is 0 Å². The molecular formula is C16H23Br2NO. The Morgan fingerprint density at radius 2 is 1.95 bits per heavy atom. The molecule has 1 aromatic rings. The largest absolute Gasteiger partial charge is 0.492 e.